The third-order valence-electron chi connectivity index (χ3n) is 5.15. The van der Waals surface area contributed by atoms with Gasteiger partial charge in [0, 0.05) is 16.6 Å². The third kappa shape index (κ3) is 6.97. The predicted molar refractivity (Wildman–Crippen MR) is 127 cm³/mol. The van der Waals surface area contributed by atoms with Crippen LogP contribution in [0.15, 0.2) is 48.7 Å². The molecule has 35 heavy (non-hydrogen) atoms. The Morgan fingerprint density at radius 3 is 2.46 bits per heavy atom. The molecule has 0 bridgehead atoms. The summed E-state index contributed by atoms with van der Waals surface area (Å²) in [7, 11) is -3.42. The first-order valence-electron chi connectivity index (χ1n) is 10.2. The monoisotopic (exact) mass is 548 g/mol. The molecule has 1 amide bonds. The van der Waals surface area contributed by atoms with Gasteiger partial charge < -0.3 is 5.32 Å². The van der Waals surface area contributed by atoms with Crippen molar-refractivity contribution in [2.75, 3.05) is 6.26 Å². The lowest BCUT2D eigenvalue weighted by molar-refractivity contribution is -0.138. The second-order valence-corrected chi connectivity index (χ2v) is 10.5. The Morgan fingerprint density at radius 1 is 1.14 bits per heavy atom. The number of halogens is 5. The molecule has 1 unspecified atom stereocenters. The quantitative estimate of drug-likeness (QED) is 0.428. The van der Waals surface area contributed by atoms with Crippen LogP contribution in [0.1, 0.15) is 35.2 Å². The van der Waals surface area contributed by atoms with E-state index in [-0.39, 0.29) is 17.3 Å². The summed E-state index contributed by atoms with van der Waals surface area (Å²) in [5.74, 6) is -1.28. The van der Waals surface area contributed by atoms with Crippen LogP contribution in [-0.2, 0) is 34.1 Å². The van der Waals surface area contributed by atoms with Crippen molar-refractivity contribution in [3.63, 3.8) is 0 Å². The number of aromatic nitrogens is 2. The van der Waals surface area contributed by atoms with Gasteiger partial charge in [-0.25, -0.2) is 17.8 Å². The summed E-state index contributed by atoms with van der Waals surface area (Å²) < 4.78 is 66.7. The van der Waals surface area contributed by atoms with E-state index in [1.165, 1.54) is 12.1 Å². The number of nitrogens with zero attached hydrogens (tertiary/aromatic N) is 2. The minimum Gasteiger partial charge on any atom is -0.350 e. The molecule has 0 aliphatic carbocycles. The Bertz CT molecular complexity index is 1340. The van der Waals surface area contributed by atoms with Gasteiger partial charge in [0.1, 0.15) is 0 Å². The molecular formula is C22H21Cl2F3N4O3S. The van der Waals surface area contributed by atoms with Gasteiger partial charge in [-0.2, -0.15) is 18.3 Å². The van der Waals surface area contributed by atoms with Gasteiger partial charge in [-0.15, -0.1) is 0 Å². The highest BCUT2D eigenvalue weighted by Crippen LogP contribution is 2.33. The van der Waals surface area contributed by atoms with E-state index in [2.05, 4.69) is 15.1 Å². The molecule has 0 saturated carbocycles. The third-order valence-corrected chi connectivity index (χ3v) is 6.41. The molecule has 1 aromatic heterocycles. The molecule has 3 aromatic rings. The molecule has 3 rings (SSSR count). The maximum absolute atomic E-state index is 13.6. The molecule has 2 aromatic carbocycles. The van der Waals surface area contributed by atoms with Crippen molar-refractivity contribution in [3.05, 3.63) is 81.1 Å². The van der Waals surface area contributed by atoms with Crippen molar-refractivity contribution in [2.45, 2.75) is 32.1 Å². The topological polar surface area (TPSA) is 93.1 Å². The molecule has 1 atom stereocenters. The molecule has 0 fully saturated rings. The lowest BCUT2D eigenvalue weighted by Crippen LogP contribution is -2.29. The maximum Gasteiger partial charge on any atom is 0.419 e. The van der Waals surface area contributed by atoms with Crippen LogP contribution < -0.4 is 10.0 Å². The zero-order valence-corrected chi connectivity index (χ0v) is 20.9. The average molecular weight is 549 g/mol. The van der Waals surface area contributed by atoms with Crippen molar-refractivity contribution >= 4 is 39.1 Å². The van der Waals surface area contributed by atoms with Crippen LogP contribution in [-0.4, -0.2) is 30.4 Å². The van der Waals surface area contributed by atoms with Gasteiger partial charge in [0.2, 0.25) is 15.9 Å². The molecule has 188 valence electrons. The Hall–Kier alpha value is -2.60. The molecule has 2 N–H and O–H groups in total. The second-order valence-electron chi connectivity index (χ2n) is 7.78. The number of rotatable bonds is 8. The summed E-state index contributed by atoms with van der Waals surface area (Å²) in [6, 6.07) is 10.9. The predicted octanol–water partition coefficient (Wildman–Crippen LogP) is 4.67. The standard InChI is InChI=1S/C22H21Cl2F3N4O3S/c1-13(14-6-7-15(19(24)8-14)10-30-35(2,33)34)21(32)28-12-20-18(22(25,26)27)11-29-31(20)17-5-3-4-16(23)9-17/h3-9,11,13,30H,10,12H2,1-2H3,(H,28,32). The van der Waals surface area contributed by atoms with Gasteiger partial charge in [0.25, 0.3) is 0 Å². The van der Waals surface area contributed by atoms with Crippen LogP contribution >= 0.6 is 23.2 Å². The number of carbonyl (C=O) groups is 1. The second kappa shape index (κ2) is 10.6. The summed E-state index contributed by atoms with van der Waals surface area (Å²) in [4.78, 5) is 12.8. The Kier molecular flexibility index (Phi) is 8.15. The highest BCUT2D eigenvalue weighted by Gasteiger charge is 2.36. The summed E-state index contributed by atoms with van der Waals surface area (Å²) >= 11 is 12.2. The molecule has 0 saturated heterocycles. The van der Waals surface area contributed by atoms with E-state index < -0.39 is 40.1 Å². The molecule has 0 aliphatic rings. The van der Waals surface area contributed by atoms with E-state index in [0.29, 0.717) is 28.0 Å². The smallest absolute Gasteiger partial charge is 0.350 e. The zero-order chi connectivity index (χ0) is 26.0. The maximum atomic E-state index is 13.6. The molecule has 0 radical (unpaired) electrons. The zero-order valence-electron chi connectivity index (χ0n) is 18.5. The fourth-order valence-electron chi connectivity index (χ4n) is 3.27. The normalized spacial score (nSPS) is 13.0. The van der Waals surface area contributed by atoms with Gasteiger partial charge in [-0.05, 0) is 42.3 Å². The largest absolute Gasteiger partial charge is 0.419 e. The first-order chi connectivity index (χ1) is 16.3. The molecule has 1 heterocycles. The van der Waals surface area contributed by atoms with E-state index in [9.17, 15) is 26.4 Å². The first kappa shape index (κ1) is 27.0. The van der Waals surface area contributed by atoms with Crippen LogP contribution in [0.25, 0.3) is 5.69 Å². The number of hydrogen-bond acceptors (Lipinski definition) is 4. The fraction of sp³-hybridized carbons (Fsp3) is 0.273. The molecule has 0 aliphatic heterocycles. The number of benzene rings is 2. The van der Waals surface area contributed by atoms with Gasteiger partial charge in [0.15, 0.2) is 0 Å². The Balaban J connectivity index is 1.79. The molecular weight excluding hydrogens is 528 g/mol. The van der Waals surface area contributed by atoms with Crippen molar-refractivity contribution in [2.24, 2.45) is 0 Å². The number of alkyl halides is 3. The summed E-state index contributed by atoms with van der Waals surface area (Å²) in [6.07, 6.45) is -2.95. The van der Waals surface area contributed by atoms with Crippen LogP contribution in [0.2, 0.25) is 10.0 Å². The summed E-state index contributed by atoms with van der Waals surface area (Å²) in [6.45, 7) is 1.12. The summed E-state index contributed by atoms with van der Waals surface area (Å²) in [5, 5.41) is 6.95. The highest BCUT2D eigenvalue weighted by atomic mass is 35.5. The number of amides is 1. The first-order valence-corrected chi connectivity index (χ1v) is 12.8. The van der Waals surface area contributed by atoms with Crippen molar-refractivity contribution in [1.82, 2.24) is 19.8 Å². The number of nitrogens with one attached hydrogen (secondary N) is 2. The van der Waals surface area contributed by atoms with E-state index in [1.807, 2.05) is 0 Å². The van der Waals surface area contributed by atoms with E-state index in [0.717, 1.165) is 10.9 Å². The number of carbonyl (C=O) groups excluding carboxylic acids is 1. The van der Waals surface area contributed by atoms with Crippen molar-refractivity contribution in [1.29, 1.82) is 0 Å². The Morgan fingerprint density at radius 2 is 1.86 bits per heavy atom. The lowest BCUT2D eigenvalue weighted by atomic mass is 9.99. The molecule has 0 spiro atoms. The molecule has 7 nitrogen and oxygen atoms in total. The number of sulfonamides is 1. The van der Waals surface area contributed by atoms with Crippen LogP contribution in [0, 0.1) is 0 Å². The van der Waals surface area contributed by atoms with Crippen LogP contribution in [0.4, 0.5) is 13.2 Å². The van der Waals surface area contributed by atoms with Gasteiger partial charge in [-0.1, -0.05) is 41.4 Å². The van der Waals surface area contributed by atoms with Gasteiger partial charge in [0.05, 0.1) is 41.9 Å². The van der Waals surface area contributed by atoms with E-state index in [4.69, 9.17) is 23.2 Å². The minimum absolute atomic E-state index is 0.0216. The van der Waals surface area contributed by atoms with Crippen LogP contribution in [0.3, 0.4) is 0 Å². The average Bonchev–Trinajstić information content (AvgIpc) is 3.20. The van der Waals surface area contributed by atoms with Crippen LogP contribution in [0.5, 0.6) is 0 Å². The minimum atomic E-state index is -4.67. The number of hydrogen-bond donors (Lipinski definition) is 2. The van der Waals surface area contributed by atoms with Crippen molar-refractivity contribution < 1.29 is 26.4 Å². The highest BCUT2D eigenvalue weighted by molar-refractivity contribution is 7.88. The fourth-order valence-corrected chi connectivity index (χ4v) is 4.13. The van der Waals surface area contributed by atoms with E-state index >= 15 is 0 Å². The van der Waals surface area contributed by atoms with E-state index in [1.54, 1.807) is 37.3 Å². The van der Waals surface area contributed by atoms with Crippen molar-refractivity contribution in [3.8, 4) is 5.69 Å². The Labute approximate surface area is 210 Å². The molecule has 13 heteroatoms. The SMILES string of the molecule is CC(C(=O)NCc1c(C(F)(F)F)cnn1-c1cccc(Cl)c1)c1ccc(CNS(C)(=O)=O)c(Cl)c1. The van der Waals surface area contributed by atoms with Gasteiger partial charge >= 0.3 is 6.18 Å². The van der Waals surface area contributed by atoms with Gasteiger partial charge in [-0.3, -0.25) is 4.79 Å². The summed E-state index contributed by atoms with van der Waals surface area (Å²) in [5.41, 5.74) is 0.107. The lowest BCUT2D eigenvalue weighted by Gasteiger charge is -2.16.